The van der Waals surface area contributed by atoms with Crippen LogP contribution in [0.2, 0.25) is 0 Å². The van der Waals surface area contributed by atoms with E-state index in [1.54, 1.807) is 7.11 Å². The number of aromatic nitrogens is 1. The van der Waals surface area contributed by atoms with Gasteiger partial charge in [-0.05, 0) is 37.3 Å². The first-order chi connectivity index (χ1) is 16.9. The third kappa shape index (κ3) is 7.30. The SMILES string of the molecule is COCCOCCn1c(C(=O)NC2CCCCC2C(=O)NC(C#N)CC(C)C)cc2ccccc21. The van der Waals surface area contributed by atoms with Crippen LogP contribution < -0.4 is 10.6 Å². The molecular formula is C27H38N4O4. The lowest BCUT2D eigenvalue weighted by Crippen LogP contribution is -2.50. The number of nitrogens with zero attached hydrogens (tertiary/aromatic N) is 2. The second kappa shape index (κ2) is 13.3. The van der Waals surface area contributed by atoms with Gasteiger partial charge in [-0.1, -0.05) is 44.9 Å². The largest absolute Gasteiger partial charge is 0.382 e. The van der Waals surface area contributed by atoms with Crippen molar-refractivity contribution in [2.24, 2.45) is 11.8 Å². The standard InChI is InChI=1S/C27H38N4O4/c1-19(2)16-21(18-28)29-26(32)22-9-5-6-10-23(22)30-27(33)25-17-20-8-4-7-11-24(20)31(25)12-13-35-15-14-34-3/h4,7-8,11,17,19,21-23H,5-6,9-10,12-16H2,1-3H3,(H,29,32)(H,30,33). The number of nitrogens with one attached hydrogen (secondary N) is 2. The first kappa shape index (κ1) is 26.7. The Morgan fingerprint density at radius 1 is 1.17 bits per heavy atom. The molecule has 0 saturated heterocycles. The molecule has 0 bridgehead atoms. The summed E-state index contributed by atoms with van der Waals surface area (Å²) in [4.78, 5) is 26.5. The van der Waals surface area contributed by atoms with Crippen molar-refractivity contribution in [1.29, 1.82) is 5.26 Å². The third-order valence-electron chi connectivity index (χ3n) is 6.53. The number of amides is 2. The van der Waals surface area contributed by atoms with Crippen LogP contribution >= 0.6 is 0 Å². The van der Waals surface area contributed by atoms with Crippen LogP contribution in [0, 0.1) is 23.2 Å². The van der Waals surface area contributed by atoms with E-state index in [1.165, 1.54) is 0 Å². The highest BCUT2D eigenvalue weighted by atomic mass is 16.5. The van der Waals surface area contributed by atoms with Crippen molar-refractivity contribution < 1.29 is 19.1 Å². The lowest BCUT2D eigenvalue weighted by molar-refractivity contribution is -0.127. The Bertz CT molecular complexity index is 1030. The summed E-state index contributed by atoms with van der Waals surface area (Å²) in [6, 6.07) is 11.2. The van der Waals surface area contributed by atoms with Gasteiger partial charge in [0.15, 0.2) is 0 Å². The van der Waals surface area contributed by atoms with Gasteiger partial charge in [0.1, 0.15) is 11.7 Å². The summed E-state index contributed by atoms with van der Waals surface area (Å²) in [7, 11) is 1.63. The van der Waals surface area contributed by atoms with Crippen molar-refractivity contribution in [3.05, 3.63) is 36.0 Å². The molecule has 3 rings (SSSR count). The van der Waals surface area contributed by atoms with Gasteiger partial charge in [0.05, 0.1) is 31.8 Å². The predicted octanol–water partition coefficient (Wildman–Crippen LogP) is 3.65. The number of carbonyl (C=O) groups excluding carboxylic acids is 2. The molecule has 2 aromatic rings. The van der Waals surface area contributed by atoms with Gasteiger partial charge in [0.25, 0.3) is 5.91 Å². The van der Waals surface area contributed by atoms with Gasteiger partial charge in [-0.25, -0.2) is 0 Å². The lowest BCUT2D eigenvalue weighted by Gasteiger charge is -2.32. The van der Waals surface area contributed by atoms with Crippen LogP contribution in [0.1, 0.15) is 56.4 Å². The summed E-state index contributed by atoms with van der Waals surface area (Å²) in [5.74, 6) is -0.371. The highest BCUT2D eigenvalue weighted by Gasteiger charge is 2.33. The number of benzene rings is 1. The summed E-state index contributed by atoms with van der Waals surface area (Å²) >= 11 is 0. The van der Waals surface area contributed by atoms with E-state index in [0.717, 1.165) is 30.2 Å². The van der Waals surface area contributed by atoms with Crippen molar-refractivity contribution in [3.63, 3.8) is 0 Å². The summed E-state index contributed by atoms with van der Waals surface area (Å²) in [5.41, 5.74) is 1.53. The molecule has 3 unspecified atom stereocenters. The molecule has 190 valence electrons. The molecule has 2 N–H and O–H groups in total. The fraction of sp³-hybridized carbons (Fsp3) is 0.593. The van der Waals surface area contributed by atoms with Crippen LogP contribution in [0.4, 0.5) is 0 Å². The smallest absolute Gasteiger partial charge is 0.268 e. The average molecular weight is 483 g/mol. The van der Waals surface area contributed by atoms with E-state index in [1.807, 2.05) is 48.7 Å². The van der Waals surface area contributed by atoms with Crippen LogP contribution in [-0.4, -0.2) is 55.4 Å². The molecule has 8 heteroatoms. The van der Waals surface area contributed by atoms with Crippen LogP contribution in [-0.2, 0) is 20.8 Å². The van der Waals surface area contributed by atoms with E-state index in [0.29, 0.717) is 50.8 Å². The molecule has 1 aromatic carbocycles. The molecule has 1 fully saturated rings. The van der Waals surface area contributed by atoms with Crippen molar-refractivity contribution in [3.8, 4) is 6.07 Å². The fourth-order valence-electron chi connectivity index (χ4n) is 4.79. The van der Waals surface area contributed by atoms with Gasteiger partial charge in [0.2, 0.25) is 5.91 Å². The highest BCUT2D eigenvalue weighted by molar-refractivity contribution is 5.99. The number of ether oxygens (including phenoxy) is 2. The number of methoxy groups -OCH3 is 1. The summed E-state index contributed by atoms with van der Waals surface area (Å²) in [6.07, 6.45) is 3.95. The number of para-hydroxylation sites is 1. The van der Waals surface area contributed by atoms with E-state index >= 15 is 0 Å². The number of hydrogen-bond donors (Lipinski definition) is 2. The molecule has 1 aliphatic carbocycles. The molecule has 0 radical (unpaired) electrons. The van der Waals surface area contributed by atoms with E-state index in [2.05, 4.69) is 16.7 Å². The first-order valence-electron chi connectivity index (χ1n) is 12.6. The monoisotopic (exact) mass is 482 g/mol. The zero-order chi connectivity index (χ0) is 25.2. The molecule has 1 saturated carbocycles. The minimum Gasteiger partial charge on any atom is -0.382 e. The predicted molar refractivity (Wildman–Crippen MR) is 135 cm³/mol. The van der Waals surface area contributed by atoms with E-state index in [9.17, 15) is 14.9 Å². The molecular weight excluding hydrogens is 444 g/mol. The molecule has 3 atom stereocenters. The minimum absolute atomic E-state index is 0.144. The fourth-order valence-corrected chi connectivity index (χ4v) is 4.79. The van der Waals surface area contributed by atoms with E-state index < -0.39 is 6.04 Å². The van der Waals surface area contributed by atoms with Crippen molar-refractivity contribution in [1.82, 2.24) is 15.2 Å². The van der Waals surface area contributed by atoms with Crippen LogP contribution in [0.25, 0.3) is 10.9 Å². The third-order valence-corrected chi connectivity index (χ3v) is 6.53. The Labute approximate surface area is 208 Å². The Kier molecular flexibility index (Phi) is 10.1. The second-order valence-electron chi connectivity index (χ2n) is 9.64. The van der Waals surface area contributed by atoms with Crippen molar-refractivity contribution >= 4 is 22.7 Å². The lowest BCUT2D eigenvalue weighted by atomic mass is 9.83. The van der Waals surface area contributed by atoms with E-state index in [-0.39, 0.29) is 23.8 Å². The quantitative estimate of drug-likeness (QED) is 0.449. The van der Waals surface area contributed by atoms with Gasteiger partial charge < -0.3 is 24.7 Å². The van der Waals surface area contributed by atoms with Gasteiger partial charge in [0, 0.05) is 30.6 Å². The minimum atomic E-state index is -0.513. The Morgan fingerprint density at radius 3 is 2.69 bits per heavy atom. The van der Waals surface area contributed by atoms with Crippen LogP contribution in [0.15, 0.2) is 30.3 Å². The summed E-state index contributed by atoms with van der Waals surface area (Å²) in [5, 5.41) is 16.5. The zero-order valence-electron chi connectivity index (χ0n) is 21.1. The molecule has 0 spiro atoms. The number of hydrogen-bond acceptors (Lipinski definition) is 5. The molecule has 1 aliphatic rings. The van der Waals surface area contributed by atoms with Crippen LogP contribution in [0.3, 0.4) is 0 Å². The van der Waals surface area contributed by atoms with Crippen molar-refractivity contribution in [2.75, 3.05) is 26.9 Å². The maximum Gasteiger partial charge on any atom is 0.268 e. The number of rotatable bonds is 12. The summed E-state index contributed by atoms with van der Waals surface area (Å²) < 4.78 is 12.7. The topological polar surface area (TPSA) is 105 Å². The van der Waals surface area contributed by atoms with Gasteiger partial charge in [-0.2, -0.15) is 5.26 Å². The molecule has 8 nitrogen and oxygen atoms in total. The molecule has 1 heterocycles. The first-order valence-corrected chi connectivity index (χ1v) is 12.6. The Morgan fingerprint density at radius 2 is 1.94 bits per heavy atom. The van der Waals surface area contributed by atoms with Crippen molar-refractivity contribution in [2.45, 2.75) is 64.6 Å². The molecule has 1 aromatic heterocycles. The number of carbonyl (C=O) groups is 2. The molecule has 0 aliphatic heterocycles. The molecule has 2 amide bonds. The normalized spacial score (nSPS) is 18.8. The van der Waals surface area contributed by atoms with Gasteiger partial charge in [-0.15, -0.1) is 0 Å². The Balaban J connectivity index is 1.73. The second-order valence-corrected chi connectivity index (χ2v) is 9.64. The molecule has 35 heavy (non-hydrogen) atoms. The average Bonchev–Trinajstić information content (AvgIpc) is 3.22. The number of nitriles is 1. The van der Waals surface area contributed by atoms with Gasteiger partial charge in [-0.3, -0.25) is 9.59 Å². The zero-order valence-corrected chi connectivity index (χ0v) is 21.1. The summed E-state index contributed by atoms with van der Waals surface area (Å²) in [6.45, 7) is 6.07. The maximum absolute atomic E-state index is 13.5. The highest BCUT2D eigenvalue weighted by Crippen LogP contribution is 2.26. The Hall–Kier alpha value is -2.89. The van der Waals surface area contributed by atoms with E-state index in [4.69, 9.17) is 9.47 Å². The maximum atomic E-state index is 13.5. The van der Waals surface area contributed by atoms with Gasteiger partial charge >= 0.3 is 0 Å². The number of fused-ring (bicyclic) bond motifs is 1. The van der Waals surface area contributed by atoms with Crippen LogP contribution in [0.5, 0.6) is 0 Å².